The summed E-state index contributed by atoms with van der Waals surface area (Å²) in [5, 5.41) is 28.9. The molecule has 0 bridgehead atoms. The summed E-state index contributed by atoms with van der Waals surface area (Å²) in [5.41, 5.74) is 3.00. The Labute approximate surface area is 222 Å². The molecule has 1 amide bonds. The van der Waals surface area contributed by atoms with Crippen molar-refractivity contribution in [3.8, 4) is 5.88 Å². The van der Waals surface area contributed by atoms with Crippen molar-refractivity contribution < 1.29 is 19.7 Å². The van der Waals surface area contributed by atoms with Crippen LogP contribution in [0.2, 0.25) is 0 Å². The minimum atomic E-state index is -1.26. The zero-order chi connectivity index (χ0) is 27.7. The van der Waals surface area contributed by atoms with Crippen LogP contribution in [-0.2, 0) is 13.1 Å². The number of carbonyl (C=O) groups is 1. The second kappa shape index (κ2) is 13.8. The number of carboxylic acid groups (broad SMARTS) is 1. The number of aliphatic hydroxyl groups excluding tert-OH is 1. The van der Waals surface area contributed by atoms with E-state index in [2.05, 4.69) is 74.6 Å². The van der Waals surface area contributed by atoms with Gasteiger partial charge in [-0.3, -0.25) is 10.00 Å². The molecule has 208 valence electrons. The monoisotopic (exact) mass is 529 g/mol. The lowest BCUT2D eigenvalue weighted by atomic mass is 10.1. The summed E-state index contributed by atoms with van der Waals surface area (Å²) < 4.78 is 7.30. The quantitative estimate of drug-likeness (QED) is 0.229. The number of hydrogen-bond donors (Lipinski definition) is 4. The third kappa shape index (κ3) is 7.97. The Kier molecular flexibility index (Phi) is 10.6. The molecule has 0 aliphatic rings. The van der Waals surface area contributed by atoms with Crippen molar-refractivity contribution in [2.24, 2.45) is 0 Å². The molecular formula is C25H39N9O4. The normalized spacial score (nSPS) is 12.3. The fourth-order valence-electron chi connectivity index (χ4n) is 4.21. The number of nitrogens with zero attached hydrogens (tertiary/aromatic N) is 7. The minimum absolute atomic E-state index is 0.0179. The number of aliphatic hydroxyl groups is 1. The third-order valence-electron chi connectivity index (χ3n) is 6.04. The van der Waals surface area contributed by atoms with Gasteiger partial charge in [0.05, 0.1) is 19.9 Å². The lowest BCUT2D eigenvalue weighted by Gasteiger charge is -2.20. The van der Waals surface area contributed by atoms with Crippen LogP contribution in [0.25, 0.3) is 11.0 Å². The van der Waals surface area contributed by atoms with Crippen LogP contribution in [0.15, 0.2) is 18.5 Å². The van der Waals surface area contributed by atoms with E-state index in [1.165, 1.54) is 0 Å². The molecule has 38 heavy (non-hydrogen) atoms. The van der Waals surface area contributed by atoms with Crippen molar-refractivity contribution >= 4 is 28.9 Å². The number of methoxy groups -OCH3 is 1. The van der Waals surface area contributed by atoms with Gasteiger partial charge in [-0.05, 0) is 45.6 Å². The maximum Gasteiger partial charge on any atom is 0.411 e. The molecule has 13 nitrogen and oxygen atoms in total. The summed E-state index contributed by atoms with van der Waals surface area (Å²) in [7, 11) is 7.76. The van der Waals surface area contributed by atoms with E-state index in [0.29, 0.717) is 35.7 Å². The maximum atomic E-state index is 11.3. The maximum absolute atomic E-state index is 11.3. The zero-order valence-electron chi connectivity index (χ0n) is 22.8. The Morgan fingerprint density at radius 1 is 1.18 bits per heavy atom. The van der Waals surface area contributed by atoms with Crippen LogP contribution in [-0.4, -0.2) is 105 Å². The Hall–Kier alpha value is -3.55. The third-order valence-corrected chi connectivity index (χ3v) is 6.04. The van der Waals surface area contributed by atoms with Gasteiger partial charge in [0.2, 0.25) is 11.8 Å². The van der Waals surface area contributed by atoms with Gasteiger partial charge in [-0.2, -0.15) is 10.1 Å². The van der Waals surface area contributed by atoms with E-state index in [1.54, 1.807) is 18.0 Å². The molecule has 0 radical (unpaired) electrons. The van der Waals surface area contributed by atoms with Crippen LogP contribution >= 0.6 is 0 Å². The van der Waals surface area contributed by atoms with Gasteiger partial charge in [0, 0.05) is 44.0 Å². The van der Waals surface area contributed by atoms with E-state index in [9.17, 15) is 15.0 Å². The largest absolute Gasteiger partial charge is 0.481 e. The Bertz CT molecular complexity index is 1200. The zero-order valence-corrected chi connectivity index (χ0v) is 22.8. The number of pyridine rings is 1. The average molecular weight is 530 g/mol. The summed E-state index contributed by atoms with van der Waals surface area (Å²) in [5.74, 6) is 0.889. The molecule has 0 saturated carbocycles. The van der Waals surface area contributed by atoms with Crippen LogP contribution < -0.4 is 15.4 Å². The van der Waals surface area contributed by atoms with Gasteiger partial charge in [-0.1, -0.05) is 13.3 Å². The predicted octanol–water partition coefficient (Wildman–Crippen LogP) is 2.32. The summed E-state index contributed by atoms with van der Waals surface area (Å²) >= 11 is 0. The lowest BCUT2D eigenvalue weighted by molar-refractivity contribution is 0.209. The molecular weight excluding hydrogens is 490 g/mol. The minimum Gasteiger partial charge on any atom is -0.481 e. The molecule has 0 fully saturated rings. The molecule has 3 heterocycles. The molecule has 0 spiro atoms. The van der Waals surface area contributed by atoms with Crippen molar-refractivity contribution in [3.05, 3.63) is 29.6 Å². The second-order valence-electron chi connectivity index (χ2n) is 9.56. The van der Waals surface area contributed by atoms with E-state index in [4.69, 9.17) is 4.74 Å². The lowest BCUT2D eigenvalue weighted by Crippen LogP contribution is -2.28. The first kappa shape index (κ1) is 29.0. The summed E-state index contributed by atoms with van der Waals surface area (Å²) in [6.07, 6.45) is 4.38. The van der Waals surface area contributed by atoms with Crippen LogP contribution in [0.3, 0.4) is 0 Å². The highest BCUT2D eigenvalue weighted by atomic mass is 16.5. The molecule has 3 rings (SSSR count). The molecule has 1 atom stereocenters. The van der Waals surface area contributed by atoms with Crippen LogP contribution in [0.1, 0.15) is 37.3 Å². The molecule has 4 N–H and O–H groups in total. The Morgan fingerprint density at radius 3 is 2.63 bits per heavy atom. The second-order valence-corrected chi connectivity index (χ2v) is 9.56. The van der Waals surface area contributed by atoms with Crippen molar-refractivity contribution in [1.29, 1.82) is 0 Å². The average Bonchev–Trinajstić information content (AvgIpc) is 3.25. The van der Waals surface area contributed by atoms with E-state index in [1.807, 2.05) is 6.20 Å². The van der Waals surface area contributed by atoms with Gasteiger partial charge in [0.15, 0.2) is 5.82 Å². The molecule has 0 aliphatic carbocycles. The number of nitrogens with one attached hydrogen (secondary N) is 2. The van der Waals surface area contributed by atoms with E-state index in [-0.39, 0.29) is 18.6 Å². The van der Waals surface area contributed by atoms with Gasteiger partial charge in [-0.15, -0.1) is 0 Å². The highest BCUT2D eigenvalue weighted by Crippen LogP contribution is 2.26. The Morgan fingerprint density at radius 2 is 1.97 bits per heavy atom. The topological polar surface area (TPSA) is 154 Å². The smallest absolute Gasteiger partial charge is 0.411 e. The van der Waals surface area contributed by atoms with E-state index >= 15 is 0 Å². The SMILES string of the molecule is CCCC(CCO)Nc1nc(NC(=O)O)nc2cnn(Cc3cc(CN(C)CCN(C)C)cnc3OC)c12. The molecule has 3 aromatic rings. The highest BCUT2D eigenvalue weighted by Gasteiger charge is 2.19. The number of aromatic nitrogens is 5. The number of likely N-dealkylation sites (N-methyl/N-ethyl adjacent to an activating group) is 2. The van der Waals surface area contributed by atoms with Crippen molar-refractivity contribution in [1.82, 2.24) is 34.5 Å². The van der Waals surface area contributed by atoms with Gasteiger partial charge < -0.3 is 30.1 Å². The number of hydrogen-bond acceptors (Lipinski definition) is 10. The molecule has 0 aromatic carbocycles. The standard InChI is InChI=1S/C25H39N9O4/c1-6-7-19(8-11-35)28-22-21-20(29-24(30-22)31-25(36)37)14-27-34(21)16-18-12-17(13-26-23(18)38-5)15-33(4)10-9-32(2)3/h12-14,19,35H,6-11,15-16H2,1-5H3,(H,36,37)(H2,28,29,30,31). The molecule has 3 aromatic heterocycles. The number of amides is 1. The van der Waals surface area contributed by atoms with E-state index < -0.39 is 6.09 Å². The molecule has 1 unspecified atom stereocenters. The first-order valence-corrected chi connectivity index (χ1v) is 12.7. The van der Waals surface area contributed by atoms with Crippen LogP contribution in [0.4, 0.5) is 16.6 Å². The van der Waals surface area contributed by atoms with Crippen LogP contribution in [0, 0.1) is 0 Å². The highest BCUT2D eigenvalue weighted by molar-refractivity contribution is 5.89. The number of rotatable bonds is 15. The fourth-order valence-corrected chi connectivity index (χ4v) is 4.21. The van der Waals surface area contributed by atoms with Crippen molar-refractivity contribution in [2.75, 3.05) is 58.6 Å². The predicted molar refractivity (Wildman–Crippen MR) is 146 cm³/mol. The summed E-state index contributed by atoms with van der Waals surface area (Å²) in [6, 6.07) is 2.01. The first-order chi connectivity index (χ1) is 18.2. The van der Waals surface area contributed by atoms with Gasteiger partial charge in [0.25, 0.3) is 0 Å². The fraction of sp³-hybridized carbons (Fsp3) is 0.560. The first-order valence-electron chi connectivity index (χ1n) is 12.7. The van der Waals surface area contributed by atoms with Gasteiger partial charge >= 0.3 is 6.09 Å². The number of anilines is 2. The van der Waals surface area contributed by atoms with Gasteiger partial charge in [-0.25, -0.2) is 14.8 Å². The summed E-state index contributed by atoms with van der Waals surface area (Å²) in [6.45, 7) is 5.03. The van der Waals surface area contributed by atoms with Crippen molar-refractivity contribution in [3.63, 3.8) is 0 Å². The number of fused-ring (bicyclic) bond motifs is 1. The number of ether oxygens (including phenoxy) is 1. The molecule has 0 aliphatic heterocycles. The summed E-state index contributed by atoms with van der Waals surface area (Å²) in [4.78, 5) is 28.9. The Balaban J connectivity index is 1.97. The van der Waals surface area contributed by atoms with Crippen LogP contribution in [0.5, 0.6) is 5.88 Å². The van der Waals surface area contributed by atoms with Gasteiger partial charge in [0.1, 0.15) is 11.0 Å². The van der Waals surface area contributed by atoms with E-state index in [0.717, 1.165) is 43.6 Å². The molecule has 13 heteroatoms. The molecule has 0 saturated heterocycles. The van der Waals surface area contributed by atoms with Crippen molar-refractivity contribution in [2.45, 2.75) is 45.3 Å².